The van der Waals surface area contributed by atoms with Crippen molar-refractivity contribution in [3.8, 4) is 0 Å². The van der Waals surface area contributed by atoms with E-state index < -0.39 is 0 Å². The van der Waals surface area contributed by atoms with E-state index in [1.54, 1.807) is 0 Å². The highest BCUT2D eigenvalue weighted by Crippen LogP contribution is 2.22. The molecule has 0 fully saturated rings. The molecule has 1 aromatic rings. The lowest BCUT2D eigenvalue weighted by Gasteiger charge is -2.43. The van der Waals surface area contributed by atoms with Gasteiger partial charge in [0.1, 0.15) is 0 Å². The molecular weight excluding hydrogens is 248 g/mol. The summed E-state index contributed by atoms with van der Waals surface area (Å²) in [7, 11) is 4.11. The van der Waals surface area contributed by atoms with Gasteiger partial charge in [-0.3, -0.25) is 9.58 Å². The maximum absolute atomic E-state index is 4.56. The number of nitrogens with one attached hydrogen (secondary N) is 1. The number of hydrogen-bond acceptors (Lipinski definition) is 3. The fourth-order valence-corrected chi connectivity index (χ4v) is 3.11. The first-order valence-electron chi connectivity index (χ1n) is 7.84. The molecule has 4 nitrogen and oxygen atoms in total. The first kappa shape index (κ1) is 17.2. The normalized spacial score (nSPS) is 14.0. The van der Waals surface area contributed by atoms with Crippen LogP contribution >= 0.6 is 0 Å². The van der Waals surface area contributed by atoms with Crippen LogP contribution in [-0.2, 0) is 19.9 Å². The van der Waals surface area contributed by atoms with Crippen LogP contribution in [0.3, 0.4) is 0 Å². The van der Waals surface area contributed by atoms with Crippen molar-refractivity contribution in [1.29, 1.82) is 0 Å². The molecule has 0 aromatic carbocycles. The van der Waals surface area contributed by atoms with E-state index >= 15 is 0 Å². The van der Waals surface area contributed by atoms with Crippen molar-refractivity contribution in [3.05, 3.63) is 17.5 Å². The van der Waals surface area contributed by atoms with Crippen molar-refractivity contribution >= 4 is 0 Å². The zero-order valence-electron chi connectivity index (χ0n) is 14.3. The maximum atomic E-state index is 4.56. The molecule has 0 aliphatic heterocycles. The molecule has 116 valence electrons. The Bertz CT molecular complexity index is 405. The third-order valence-electron chi connectivity index (χ3n) is 4.58. The number of likely N-dealkylation sites (N-methyl/N-ethyl adjacent to an activating group) is 2. The lowest BCUT2D eigenvalue weighted by atomic mass is 9.88. The minimum absolute atomic E-state index is 0.120. The largest absolute Gasteiger partial charge is 0.315 e. The van der Waals surface area contributed by atoms with E-state index in [4.69, 9.17) is 0 Å². The molecule has 20 heavy (non-hydrogen) atoms. The van der Waals surface area contributed by atoms with Gasteiger partial charge in [0, 0.05) is 30.7 Å². The van der Waals surface area contributed by atoms with E-state index in [0.717, 1.165) is 25.9 Å². The molecule has 1 rings (SSSR count). The van der Waals surface area contributed by atoms with Crippen LogP contribution in [0.1, 0.15) is 46.0 Å². The molecule has 0 saturated carbocycles. The molecule has 4 heteroatoms. The highest BCUT2D eigenvalue weighted by molar-refractivity contribution is 5.13. The molecule has 1 heterocycles. The van der Waals surface area contributed by atoms with Gasteiger partial charge in [-0.25, -0.2) is 0 Å². The Morgan fingerprint density at radius 2 is 1.90 bits per heavy atom. The van der Waals surface area contributed by atoms with Crippen molar-refractivity contribution < 1.29 is 0 Å². The molecule has 0 saturated heterocycles. The van der Waals surface area contributed by atoms with Crippen LogP contribution in [0.4, 0.5) is 0 Å². The molecule has 1 unspecified atom stereocenters. The Morgan fingerprint density at radius 3 is 2.30 bits per heavy atom. The molecule has 0 aliphatic carbocycles. The zero-order chi connectivity index (χ0) is 15.3. The summed E-state index contributed by atoms with van der Waals surface area (Å²) >= 11 is 0. The molecule has 0 aliphatic rings. The summed E-state index contributed by atoms with van der Waals surface area (Å²) in [6.07, 6.45) is 2.00. The minimum atomic E-state index is 0.120. The fourth-order valence-electron chi connectivity index (χ4n) is 3.11. The predicted octanol–water partition coefficient (Wildman–Crippen LogP) is 2.23. The Hall–Kier alpha value is -0.870. The summed E-state index contributed by atoms with van der Waals surface area (Å²) in [5.74, 6) is 0. The van der Waals surface area contributed by atoms with Crippen LogP contribution in [0.15, 0.2) is 6.07 Å². The van der Waals surface area contributed by atoms with Crippen LogP contribution in [0.2, 0.25) is 0 Å². The van der Waals surface area contributed by atoms with Gasteiger partial charge in [-0.2, -0.15) is 5.10 Å². The number of aryl methyl sites for hydroxylation is 2. The Kier molecular flexibility index (Phi) is 6.21. The van der Waals surface area contributed by atoms with E-state index in [1.807, 2.05) is 11.7 Å². The van der Waals surface area contributed by atoms with E-state index in [0.29, 0.717) is 6.04 Å². The van der Waals surface area contributed by atoms with E-state index in [-0.39, 0.29) is 5.54 Å². The van der Waals surface area contributed by atoms with Crippen molar-refractivity contribution in [2.24, 2.45) is 7.05 Å². The van der Waals surface area contributed by atoms with Gasteiger partial charge in [-0.1, -0.05) is 20.8 Å². The first-order chi connectivity index (χ1) is 9.40. The monoisotopic (exact) mass is 280 g/mol. The second-order valence-corrected chi connectivity index (χ2v) is 5.98. The summed E-state index contributed by atoms with van der Waals surface area (Å²) < 4.78 is 2.03. The molecule has 1 N–H and O–H groups in total. The van der Waals surface area contributed by atoms with Gasteiger partial charge in [0.2, 0.25) is 0 Å². The summed E-state index contributed by atoms with van der Waals surface area (Å²) in [6.45, 7) is 13.4. The third kappa shape index (κ3) is 3.61. The average molecular weight is 280 g/mol. The van der Waals surface area contributed by atoms with Crippen molar-refractivity contribution in [1.82, 2.24) is 20.0 Å². The highest BCUT2D eigenvalue weighted by Gasteiger charge is 2.33. The Balaban J connectivity index is 2.92. The van der Waals surface area contributed by atoms with Gasteiger partial charge >= 0.3 is 0 Å². The zero-order valence-corrected chi connectivity index (χ0v) is 14.3. The average Bonchev–Trinajstić information content (AvgIpc) is 2.77. The first-order valence-corrected chi connectivity index (χ1v) is 7.84. The topological polar surface area (TPSA) is 33.1 Å². The van der Waals surface area contributed by atoms with E-state index in [1.165, 1.54) is 11.4 Å². The van der Waals surface area contributed by atoms with E-state index in [9.17, 15) is 0 Å². The van der Waals surface area contributed by atoms with Gasteiger partial charge in [0.05, 0.1) is 5.69 Å². The Morgan fingerprint density at radius 1 is 1.30 bits per heavy atom. The van der Waals surface area contributed by atoms with Gasteiger partial charge in [0.15, 0.2) is 0 Å². The lowest BCUT2D eigenvalue weighted by molar-refractivity contribution is 0.0936. The standard InChI is InChI=1S/C16H32N4/c1-8-13-11-14(19(7)18-13)12-15(17-6)16(4,5)20(9-2)10-3/h11,15,17H,8-10,12H2,1-7H3. The molecule has 0 radical (unpaired) electrons. The van der Waals surface area contributed by atoms with Crippen molar-refractivity contribution in [2.75, 3.05) is 20.1 Å². The predicted molar refractivity (Wildman–Crippen MR) is 86.1 cm³/mol. The Labute approximate surface area is 124 Å². The summed E-state index contributed by atoms with van der Waals surface area (Å²) in [4.78, 5) is 2.52. The van der Waals surface area contributed by atoms with Crippen molar-refractivity contribution in [3.63, 3.8) is 0 Å². The van der Waals surface area contributed by atoms with Gasteiger partial charge < -0.3 is 5.32 Å². The fraction of sp³-hybridized carbons (Fsp3) is 0.812. The number of aromatic nitrogens is 2. The third-order valence-corrected chi connectivity index (χ3v) is 4.58. The minimum Gasteiger partial charge on any atom is -0.315 e. The van der Waals surface area contributed by atoms with E-state index in [2.05, 4.69) is 63.0 Å². The quantitative estimate of drug-likeness (QED) is 0.793. The summed E-state index contributed by atoms with van der Waals surface area (Å²) in [6, 6.07) is 2.64. The van der Waals surface area contributed by atoms with Crippen LogP contribution in [0, 0.1) is 0 Å². The SMILES string of the molecule is CCc1cc(CC(NC)C(C)(C)N(CC)CC)n(C)n1. The molecule has 1 aromatic heterocycles. The van der Waals surface area contributed by atoms with Gasteiger partial charge in [-0.05, 0) is 46.5 Å². The number of rotatable bonds is 8. The lowest BCUT2D eigenvalue weighted by Crippen LogP contribution is -2.57. The smallest absolute Gasteiger partial charge is 0.0624 e. The second-order valence-electron chi connectivity index (χ2n) is 5.98. The van der Waals surface area contributed by atoms with Crippen molar-refractivity contribution in [2.45, 2.75) is 59.0 Å². The number of hydrogen-bond donors (Lipinski definition) is 1. The van der Waals surface area contributed by atoms with Gasteiger partial charge in [-0.15, -0.1) is 0 Å². The van der Waals surface area contributed by atoms with Crippen LogP contribution in [0.25, 0.3) is 0 Å². The van der Waals surface area contributed by atoms with Gasteiger partial charge in [0.25, 0.3) is 0 Å². The molecule has 1 atom stereocenters. The molecular formula is C16H32N4. The number of nitrogens with zero attached hydrogens (tertiary/aromatic N) is 3. The molecule has 0 bridgehead atoms. The van der Waals surface area contributed by atoms with Crippen LogP contribution < -0.4 is 5.32 Å². The highest BCUT2D eigenvalue weighted by atomic mass is 15.3. The summed E-state index contributed by atoms with van der Waals surface area (Å²) in [5, 5.41) is 8.07. The molecule has 0 amide bonds. The van der Waals surface area contributed by atoms with Crippen LogP contribution in [-0.4, -0.2) is 46.4 Å². The van der Waals surface area contributed by atoms with Crippen LogP contribution in [0.5, 0.6) is 0 Å². The second kappa shape index (κ2) is 7.23. The summed E-state index contributed by atoms with van der Waals surface area (Å²) in [5.41, 5.74) is 2.61. The molecule has 0 spiro atoms. The maximum Gasteiger partial charge on any atom is 0.0624 e.